The fourth-order valence-electron chi connectivity index (χ4n) is 2.75. The highest BCUT2D eigenvalue weighted by Crippen LogP contribution is 2.23. The van der Waals surface area contributed by atoms with Crippen LogP contribution in [-0.2, 0) is 11.4 Å². The summed E-state index contributed by atoms with van der Waals surface area (Å²) in [6.45, 7) is 2.06. The standard InChI is InChI=1S/C22H18ClN3O3S/c1-14-6-8-17(11-19(14)23)24-20(27)13-30-22-26-25-21(29-22)12-28-18-9-7-15-4-2-3-5-16(15)10-18/h2-11H,12-13H2,1H3,(H,24,27). The van der Waals surface area contributed by atoms with Crippen LogP contribution in [0, 0.1) is 6.92 Å². The summed E-state index contributed by atoms with van der Waals surface area (Å²) in [6, 6.07) is 19.3. The molecule has 0 aliphatic heterocycles. The Kier molecular flexibility index (Phi) is 6.21. The number of nitrogens with zero attached hydrogens (tertiary/aromatic N) is 2. The molecule has 3 aromatic carbocycles. The number of halogens is 1. The van der Waals surface area contributed by atoms with Crippen LogP contribution in [0.25, 0.3) is 10.8 Å². The number of anilines is 1. The van der Waals surface area contributed by atoms with Crippen LogP contribution in [0.5, 0.6) is 5.75 Å². The molecule has 0 aliphatic rings. The van der Waals surface area contributed by atoms with Crippen molar-refractivity contribution >= 4 is 45.7 Å². The molecule has 30 heavy (non-hydrogen) atoms. The van der Waals surface area contributed by atoms with E-state index in [9.17, 15) is 4.79 Å². The number of benzene rings is 3. The van der Waals surface area contributed by atoms with Crippen molar-refractivity contribution in [1.82, 2.24) is 10.2 Å². The number of hydrogen-bond acceptors (Lipinski definition) is 6. The van der Waals surface area contributed by atoms with E-state index in [4.69, 9.17) is 20.8 Å². The highest BCUT2D eigenvalue weighted by molar-refractivity contribution is 7.99. The van der Waals surface area contributed by atoms with E-state index < -0.39 is 0 Å². The largest absolute Gasteiger partial charge is 0.484 e. The number of thioether (sulfide) groups is 1. The zero-order valence-corrected chi connectivity index (χ0v) is 17.7. The van der Waals surface area contributed by atoms with E-state index in [0.717, 1.165) is 33.8 Å². The van der Waals surface area contributed by atoms with Crippen molar-refractivity contribution in [2.24, 2.45) is 0 Å². The summed E-state index contributed by atoms with van der Waals surface area (Å²) in [4.78, 5) is 12.1. The van der Waals surface area contributed by atoms with Gasteiger partial charge in [-0.05, 0) is 47.5 Å². The summed E-state index contributed by atoms with van der Waals surface area (Å²) in [6.07, 6.45) is 0. The maximum atomic E-state index is 12.1. The Morgan fingerprint density at radius 3 is 2.77 bits per heavy atom. The summed E-state index contributed by atoms with van der Waals surface area (Å²) < 4.78 is 11.3. The third kappa shape index (κ3) is 5.11. The minimum absolute atomic E-state index is 0.138. The van der Waals surface area contributed by atoms with Gasteiger partial charge in [0.15, 0.2) is 6.61 Å². The van der Waals surface area contributed by atoms with Gasteiger partial charge in [0.05, 0.1) is 5.75 Å². The molecule has 0 spiro atoms. The lowest BCUT2D eigenvalue weighted by molar-refractivity contribution is -0.113. The van der Waals surface area contributed by atoms with E-state index in [2.05, 4.69) is 15.5 Å². The second-order valence-electron chi connectivity index (χ2n) is 6.56. The molecule has 1 N–H and O–H groups in total. The minimum Gasteiger partial charge on any atom is -0.484 e. The van der Waals surface area contributed by atoms with Crippen LogP contribution in [0.2, 0.25) is 5.02 Å². The fraction of sp³-hybridized carbons (Fsp3) is 0.136. The first kappa shape index (κ1) is 20.3. The Morgan fingerprint density at radius 1 is 1.10 bits per heavy atom. The van der Waals surface area contributed by atoms with Crippen molar-refractivity contribution in [3.63, 3.8) is 0 Å². The Bertz CT molecular complexity index is 1200. The molecule has 152 valence electrons. The third-order valence-electron chi connectivity index (χ3n) is 4.31. The van der Waals surface area contributed by atoms with Gasteiger partial charge in [0.2, 0.25) is 5.91 Å². The number of carbonyl (C=O) groups is 1. The molecule has 4 aromatic rings. The molecule has 8 heteroatoms. The van der Waals surface area contributed by atoms with Gasteiger partial charge in [-0.25, -0.2) is 0 Å². The average Bonchev–Trinajstić information content (AvgIpc) is 3.21. The number of aromatic nitrogens is 2. The van der Waals surface area contributed by atoms with Crippen molar-refractivity contribution < 1.29 is 13.9 Å². The molecule has 0 saturated heterocycles. The van der Waals surface area contributed by atoms with E-state index >= 15 is 0 Å². The lowest BCUT2D eigenvalue weighted by Gasteiger charge is -2.06. The number of rotatable bonds is 7. The summed E-state index contributed by atoms with van der Waals surface area (Å²) in [5.41, 5.74) is 1.60. The maximum absolute atomic E-state index is 12.1. The average molecular weight is 440 g/mol. The van der Waals surface area contributed by atoms with Crippen molar-refractivity contribution in [1.29, 1.82) is 0 Å². The molecule has 1 heterocycles. The van der Waals surface area contributed by atoms with Gasteiger partial charge in [-0.3, -0.25) is 4.79 Å². The quantitative estimate of drug-likeness (QED) is 0.383. The number of carbonyl (C=O) groups excluding carboxylic acids is 1. The maximum Gasteiger partial charge on any atom is 0.277 e. The molecular formula is C22H18ClN3O3S. The lowest BCUT2D eigenvalue weighted by Crippen LogP contribution is -2.14. The van der Waals surface area contributed by atoms with Crippen molar-refractivity contribution in [2.75, 3.05) is 11.1 Å². The molecule has 4 rings (SSSR count). The van der Waals surface area contributed by atoms with Crippen LogP contribution in [0.1, 0.15) is 11.5 Å². The third-order valence-corrected chi connectivity index (χ3v) is 5.54. The van der Waals surface area contributed by atoms with Crippen LogP contribution >= 0.6 is 23.4 Å². The second-order valence-corrected chi connectivity index (χ2v) is 7.89. The number of ether oxygens (including phenoxy) is 1. The van der Waals surface area contributed by atoms with Gasteiger partial charge in [-0.15, -0.1) is 10.2 Å². The van der Waals surface area contributed by atoms with Gasteiger partial charge in [0, 0.05) is 10.7 Å². The molecule has 0 unspecified atom stereocenters. The van der Waals surface area contributed by atoms with E-state index in [1.807, 2.05) is 55.5 Å². The predicted octanol–water partition coefficient (Wildman–Crippen LogP) is 5.49. The molecular weight excluding hydrogens is 422 g/mol. The predicted molar refractivity (Wildman–Crippen MR) is 118 cm³/mol. The van der Waals surface area contributed by atoms with E-state index in [1.165, 1.54) is 0 Å². The number of fused-ring (bicyclic) bond motifs is 1. The minimum atomic E-state index is -0.188. The van der Waals surface area contributed by atoms with Gasteiger partial charge in [0.1, 0.15) is 5.75 Å². The van der Waals surface area contributed by atoms with Crippen LogP contribution < -0.4 is 10.1 Å². The van der Waals surface area contributed by atoms with E-state index in [1.54, 1.807) is 12.1 Å². The second kappa shape index (κ2) is 9.19. The van der Waals surface area contributed by atoms with Gasteiger partial charge < -0.3 is 14.5 Å². The topological polar surface area (TPSA) is 77.2 Å². The van der Waals surface area contributed by atoms with Crippen LogP contribution in [0.15, 0.2) is 70.3 Å². The number of aryl methyl sites for hydroxylation is 1. The molecule has 0 bridgehead atoms. The van der Waals surface area contributed by atoms with Crippen LogP contribution in [0.3, 0.4) is 0 Å². The van der Waals surface area contributed by atoms with E-state index in [-0.39, 0.29) is 18.3 Å². The molecule has 1 aromatic heterocycles. The fourth-order valence-corrected chi connectivity index (χ4v) is 3.51. The summed E-state index contributed by atoms with van der Waals surface area (Å²) in [7, 11) is 0. The smallest absolute Gasteiger partial charge is 0.277 e. The van der Waals surface area contributed by atoms with Gasteiger partial charge in [-0.2, -0.15) is 0 Å². The first-order chi connectivity index (χ1) is 14.6. The van der Waals surface area contributed by atoms with Gasteiger partial charge in [-0.1, -0.05) is 59.8 Å². The molecule has 0 fully saturated rings. The molecule has 0 aliphatic carbocycles. The van der Waals surface area contributed by atoms with Crippen molar-refractivity contribution in [3.8, 4) is 5.75 Å². The van der Waals surface area contributed by atoms with Gasteiger partial charge >= 0.3 is 0 Å². The summed E-state index contributed by atoms with van der Waals surface area (Å²) >= 11 is 7.23. The van der Waals surface area contributed by atoms with Crippen LogP contribution in [0.4, 0.5) is 5.69 Å². The molecule has 1 amide bonds. The molecule has 0 radical (unpaired) electrons. The van der Waals surface area contributed by atoms with Crippen molar-refractivity contribution in [2.45, 2.75) is 18.8 Å². The molecule has 0 saturated carbocycles. The number of hydrogen-bond donors (Lipinski definition) is 1. The lowest BCUT2D eigenvalue weighted by atomic mass is 10.1. The summed E-state index contributed by atoms with van der Waals surface area (Å²) in [5, 5.41) is 13.9. The van der Waals surface area contributed by atoms with Crippen LogP contribution in [-0.4, -0.2) is 21.9 Å². The van der Waals surface area contributed by atoms with E-state index in [0.29, 0.717) is 21.8 Å². The number of nitrogens with one attached hydrogen (secondary N) is 1. The first-order valence-corrected chi connectivity index (χ1v) is 10.6. The number of amides is 1. The zero-order valence-electron chi connectivity index (χ0n) is 16.1. The SMILES string of the molecule is Cc1ccc(NC(=O)CSc2nnc(COc3ccc4ccccc4c3)o2)cc1Cl. The Labute approximate surface area is 182 Å². The molecule has 0 atom stereocenters. The first-order valence-electron chi connectivity index (χ1n) is 9.19. The van der Waals surface area contributed by atoms with Crippen molar-refractivity contribution in [3.05, 3.63) is 77.1 Å². The monoisotopic (exact) mass is 439 g/mol. The highest BCUT2D eigenvalue weighted by Gasteiger charge is 2.11. The van der Waals surface area contributed by atoms with Gasteiger partial charge in [0.25, 0.3) is 11.1 Å². The Morgan fingerprint density at radius 2 is 1.93 bits per heavy atom. The Hall–Kier alpha value is -3.03. The Balaban J connectivity index is 1.28. The zero-order chi connectivity index (χ0) is 20.9. The highest BCUT2D eigenvalue weighted by atomic mass is 35.5. The normalized spacial score (nSPS) is 10.9. The molecule has 6 nitrogen and oxygen atoms in total. The summed E-state index contributed by atoms with van der Waals surface area (Å²) in [5.74, 6) is 1.01.